The summed E-state index contributed by atoms with van der Waals surface area (Å²) < 4.78 is 0. The molecule has 0 aromatic heterocycles. The maximum Gasteiger partial charge on any atom is 0.0604 e. The predicted molar refractivity (Wildman–Crippen MR) is 73.0 cm³/mol. The van der Waals surface area contributed by atoms with Crippen LogP contribution in [0, 0.1) is 0 Å². The van der Waals surface area contributed by atoms with Gasteiger partial charge < -0.3 is 4.90 Å². The molecule has 1 nitrogen and oxygen atoms in total. The van der Waals surface area contributed by atoms with Crippen molar-refractivity contribution in [1.82, 2.24) is 0 Å². The lowest BCUT2D eigenvalue weighted by molar-refractivity contribution is 0.618. The Morgan fingerprint density at radius 3 is 2.35 bits per heavy atom. The van der Waals surface area contributed by atoms with Crippen LogP contribution in [0.15, 0.2) is 53.8 Å². The van der Waals surface area contributed by atoms with E-state index in [1.807, 2.05) is 0 Å². The highest BCUT2D eigenvalue weighted by Gasteiger charge is 2.41. The number of para-hydroxylation sites is 1. The molecular weight excluding hydrogens is 206 g/mol. The summed E-state index contributed by atoms with van der Waals surface area (Å²) >= 11 is 0. The van der Waals surface area contributed by atoms with Crippen LogP contribution in [0.2, 0.25) is 0 Å². The molecule has 0 amide bonds. The van der Waals surface area contributed by atoms with Crippen LogP contribution in [0.25, 0.3) is 0 Å². The summed E-state index contributed by atoms with van der Waals surface area (Å²) in [7, 11) is 0. The molecule has 1 heterocycles. The molecule has 3 rings (SSSR count). The lowest BCUT2D eigenvalue weighted by Crippen LogP contribution is -2.38. The van der Waals surface area contributed by atoms with Crippen molar-refractivity contribution < 1.29 is 0 Å². The minimum Gasteiger partial charge on any atom is -0.336 e. The van der Waals surface area contributed by atoms with Crippen molar-refractivity contribution in [2.75, 3.05) is 4.90 Å². The van der Waals surface area contributed by atoms with Gasteiger partial charge in [-0.05, 0) is 50.0 Å². The molecule has 1 aromatic carbocycles. The fraction of sp³-hybridized carbons (Fsp3) is 0.375. The van der Waals surface area contributed by atoms with Gasteiger partial charge in [0, 0.05) is 17.8 Å². The van der Waals surface area contributed by atoms with E-state index in [0.717, 1.165) is 6.42 Å². The van der Waals surface area contributed by atoms with E-state index < -0.39 is 0 Å². The fourth-order valence-corrected chi connectivity index (χ4v) is 2.68. The average Bonchev–Trinajstić information content (AvgIpc) is 3.09. The molecule has 88 valence electrons. The monoisotopic (exact) mass is 225 g/mol. The molecule has 1 saturated heterocycles. The van der Waals surface area contributed by atoms with E-state index in [1.165, 1.54) is 29.8 Å². The zero-order valence-corrected chi connectivity index (χ0v) is 10.7. The van der Waals surface area contributed by atoms with Crippen LogP contribution in [0.3, 0.4) is 0 Å². The van der Waals surface area contributed by atoms with Gasteiger partial charge in [-0.25, -0.2) is 0 Å². The van der Waals surface area contributed by atoms with Gasteiger partial charge in [0.05, 0.1) is 5.54 Å². The standard InChI is InChI=1S/C16H19N/c1-12-11-15(13-9-10-13)17(16(12,2)3)14-7-5-4-6-8-14/h4-8H,1,9-11H2,2-3H3. The molecular formula is C16H19N. The minimum absolute atomic E-state index is 0.0479. The van der Waals surface area contributed by atoms with Crippen LogP contribution in [-0.2, 0) is 0 Å². The third-order valence-corrected chi connectivity index (χ3v) is 4.00. The molecule has 0 unspecified atom stereocenters. The van der Waals surface area contributed by atoms with Gasteiger partial charge in [0.25, 0.3) is 0 Å². The van der Waals surface area contributed by atoms with E-state index in [9.17, 15) is 0 Å². The number of nitrogens with zero attached hydrogens (tertiary/aromatic N) is 1. The van der Waals surface area contributed by atoms with Crippen molar-refractivity contribution in [3.8, 4) is 0 Å². The topological polar surface area (TPSA) is 3.24 Å². The van der Waals surface area contributed by atoms with Crippen LogP contribution in [-0.4, -0.2) is 5.54 Å². The molecule has 2 fully saturated rings. The molecule has 1 aliphatic carbocycles. The maximum absolute atomic E-state index is 4.27. The van der Waals surface area contributed by atoms with Crippen LogP contribution in [0.5, 0.6) is 0 Å². The SMILES string of the molecule is C=C1CC(=C2CC2)N(c2ccccc2)C1(C)C. The quantitative estimate of drug-likeness (QED) is 0.645. The number of benzene rings is 1. The molecule has 0 bridgehead atoms. The molecule has 1 heteroatoms. The van der Waals surface area contributed by atoms with E-state index in [0.29, 0.717) is 0 Å². The summed E-state index contributed by atoms with van der Waals surface area (Å²) in [6.45, 7) is 8.82. The van der Waals surface area contributed by atoms with Gasteiger partial charge in [0.15, 0.2) is 0 Å². The van der Waals surface area contributed by atoms with E-state index in [2.05, 4.69) is 55.7 Å². The smallest absolute Gasteiger partial charge is 0.0604 e. The highest BCUT2D eigenvalue weighted by Crippen LogP contribution is 2.48. The molecule has 17 heavy (non-hydrogen) atoms. The maximum atomic E-state index is 4.27. The lowest BCUT2D eigenvalue weighted by Gasteiger charge is -2.35. The number of rotatable bonds is 1. The molecule has 2 aliphatic rings. The summed E-state index contributed by atoms with van der Waals surface area (Å²) in [5.74, 6) is 0. The third kappa shape index (κ3) is 1.61. The molecule has 0 N–H and O–H groups in total. The van der Waals surface area contributed by atoms with Gasteiger partial charge in [0.1, 0.15) is 0 Å². The zero-order valence-electron chi connectivity index (χ0n) is 10.7. The molecule has 1 aliphatic heterocycles. The lowest BCUT2D eigenvalue weighted by atomic mass is 9.96. The van der Waals surface area contributed by atoms with E-state index in [1.54, 1.807) is 5.57 Å². The first-order valence-corrected chi connectivity index (χ1v) is 6.35. The first kappa shape index (κ1) is 10.6. The molecule has 0 atom stereocenters. The zero-order chi connectivity index (χ0) is 12.0. The minimum atomic E-state index is 0.0479. The van der Waals surface area contributed by atoms with E-state index in [4.69, 9.17) is 0 Å². The summed E-state index contributed by atoms with van der Waals surface area (Å²) in [5.41, 5.74) is 5.81. The van der Waals surface area contributed by atoms with Gasteiger partial charge in [-0.15, -0.1) is 0 Å². The normalized spacial score (nSPS) is 22.2. The Hall–Kier alpha value is -1.50. The fourth-order valence-electron chi connectivity index (χ4n) is 2.68. The predicted octanol–water partition coefficient (Wildman–Crippen LogP) is 4.28. The van der Waals surface area contributed by atoms with Gasteiger partial charge in [-0.3, -0.25) is 0 Å². The van der Waals surface area contributed by atoms with Gasteiger partial charge in [-0.2, -0.15) is 0 Å². The second-order valence-electron chi connectivity index (χ2n) is 5.56. The number of allylic oxidation sites excluding steroid dienone is 2. The highest BCUT2D eigenvalue weighted by molar-refractivity contribution is 5.63. The molecule has 1 aromatic rings. The first-order chi connectivity index (χ1) is 8.10. The average molecular weight is 225 g/mol. The summed E-state index contributed by atoms with van der Waals surface area (Å²) in [4.78, 5) is 2.48. The number of hydrogen-bond donors (Lipinski definition) is 0. The number of anilines is 1. The Kier molecular flexibility index (Phi) is 2.19. The van der Waals surface area contributed by atoms with E-state index in [-0.39, 0.29) is 5.54 Å². The Bertz CT molecular complexity index is 488. The Labute approximate surface area is 103 Å². The molecule has 1 saturated carbocycles. The van der Waals surface area contributed by atoms with Crippen LogP contribution >= 0.6 is 0 Å². The van der Waals surface area contributed by atoms with Crippen LogP contribution in [0.1, 0.15) is 33.1 Å². The van der Waals surface area contributed by atoms with Crippen molar-refractivity contribution in [1.29, 1.82) is 0 Å². The first-order valence-electron chi connectivity index (χ1n) is 6.35. The third-order valence-electron chi connectivity index (χ3n) is 4.00. The van der Waals surface area contributed by atoms with E-state index >= 15 is 0 Å². The van der Waals surface area contributed by atoms with Crippen LogP contribution < -0.4 is 4.90 Å². The summed E-state index contributed by atoms with van der Waals surface area (Å²) in [6.07, 6.45) is 3.61. The largest absolute Gasteiger partial charge is 0.336 e. The van der Waals surface area contributed by atoms with Crippen molar-refractivity contribution in [3.05, 3.63) is 53.8 Å². The second kappa shape index (κ2) is 3.49. The van der Waals surface area contributed by atoms with Crippen molar-refractivity contribution >= 4 is 5.69 Å². The van der Waals surface area contributed by atoms with Crippen LogP contribution in [0.4, 0.5) is 5.69 Å². The van der Waals surface area contributed by atoms with Crippen molar-refractivity contribution in [2.24, 2.45) is 0 Å². The van der Waals surface area contributed by atoms with Crippen molar-refractivity contribution in [3.63, 3.8) is 0 Å². The Balaban J connectivity index is 2.11. The number of hydrogen-bond acceptors (Lipinski definition) is 1. The second-order valence-corrected chi connectivity index (χ2v) is 5.56. The summed E-state index contributed by atoms with van der Waals surface area (Å²) in [6, 6.07) is 10.7. The van der Waals surface area contributed by atoms with Crippen molar-refractivity contribution in [2.45, 2.75) is 38.6 Å². The molecule has 0 radical (unpaired) electrons. The molecule has 0 spiro atoms. The van der Waals surface area contributed by atoms with Gasteiger partial charge in [0.2, 0.25) is 0 Å². The van der Waals surface area contributed by atoms with Gasteiger partial charge >= 0.3 is 0 Å². The Morgan fingerprint density at radius 2 is 1.76 bits per heavy atom. The van der Waals surface area contributed by atoms with Gasteiger partial charge in [-0.1, -0.05) is 24.8 Å². The Morgan fingerprint density at radius 1 is 1.12 bits per heavy atom. The highest BCUT2D eigenvalue weighted by atomic mass is 15.2. The summed E-state index contributed by atoms with van der Waals surface area (Å²) in [5, 5.41) is 0.